The van der Waals surface area contributed by atoms with Crippen LogP contribution in [0.5, 0.6) is 0 Å². The van der Waals surface area contributed by atoms with E-state index >= 15 is 0 Å². The maximum Gasteiger partial charge on any atom is 0.228 e. The van der Waals surface area contributed by atoms with Gasteiger partial charge < -0.3 is 14.5 Å². The molecule has 0 spiro atoms. The molecule has 0 radical (unpaired) electrons. The minimum Gasteiger partial charge on any atom is -0.378 e. The summed E-state index contributed by atoms with van der Waals surface area (Å²) in [5.41, 5.74) is 1.97. The molecule has 0 N–H and O–H groups in total. The number of rotatable bonds is 2. The Morgan fingerprint density at radius 3 is 2.08 bits per heavy atom. The highest BCUT2D eigenvalue weighted by Gasteiger charge is 2.17. The molecule has 1 aliphatic heterocycles. The van der Waals surface area contributed by atoms with E-state index in [-0.39, 0.29) is 12.4 Å². The summed E-state index contributed by atoms with van der Waals surface area (Å²) >= 11 is 0. The number of ether oxygens (including phenoxy) is 1. The van der Waals surface area contributed by atoms with Gasteiger partial charge in [-0.25, -0.2) is 4.99 Å². The van der Waals surface area contributed by atoms with Crippen molar-refractivity contribution < 1.29 is 4.74 Å². The van der Waals surface area contributed by atoms with Crippen LogP contribution in [0.2, 0.25) is 0 Å². The molecule has 1 heterocycles. The lowest BCUT2D eigenvalue weighted by molar-refractivity contribution is 0.0676. The lowest BCUT2D eigenvalue weighted by Crippen LogP contribution is -2.41. The second-order valence-corrected chi connectivity index (χ2v) is 6.04. The predicted molar refractivity (Wildman–Crippen MR) is 110 cm³/mol. The van der Waals surface area contributed by atoms with E-state index < -0.39 is 0 Å². The van der Waals surface area contributed by atoms with Crippen LogP contribution in [0.25, 0.3) is 0 Å². The van der Waals surface area contributed by atoms with E-state index in [4.69, 9.17) is 14.7 Å². The van der Waals surface area contributed by atoms with Crippen molar-refractivity contribution in [1.82, 2.24) is 9.80 Å². The number of amidine groups is 1. The van der Waals surface area contributed by atoms with E-state index in [9.17, 15) is 0 Å². The molecule has 0 aliphatic carbocycles. The first-order valence-corrected chi connectivity index (χ1v) is 8.52. The number of nitrogens with zero attached hydrogens (tertiary/aromatic N) is 4. The third-order valence-corrected chi connectivity index (χ3v) is 3.94. The normalized spacial score (nSPS) is 15.4. The molecule has 2 aromatic rings. The molecule has 1 saturated heterocycles. The zero-order valence-corrected chi connectivity index (χ0v) is 16.0. The molecule has 0 saturated carbocycles. The van der Waals surface area contributed by atoms with E-state index in [2.05, 4.69) is 17.0 Å². The fourth-order valence-electron chi connectivity index (χ4n) is 2.65. The standard InChI is InChI=1S/C20H24N4O.ClH/c1-23(2)19(17-9-5-3-6-10-17)22-20(24-13-15-25-16-14-24)21-18-11-7-4-8-12-18;/h3-12H,13-16H2,1-2H3;1H/b21-20-,22-19-;. The minimum atomic E-state index is 0. The molecule has 0 atom stereocenters. The number of hydrogen-bond donors (Lipinski definition) is 0. The predicted octanol–water partition coefficient (Wildman–Crippen LogP) is 3.44. The van der Waals surface area contributed by atoms with Crippen molar-refractivity contribution in [2.24, 2.45) is 9.98 Å². The van der Waals surface area contributed by atoms with E-state index in [0.717, 1.165) is 36.1 Å². The van der Waals surface area contributed by atoms with Crippen LogP contribution in [-0.2, 0) is 4.74 Å². The van der Waals surface area contributed by atoms with Crippen molar-refractivity contribution in [2.75, 3.05) is 40.4 Å². The number of para-hydroxylation sites is 1. The Kier molecular flexibility index (Phi) is 7.63. The van der Waals surface area contributed by atoms with Crippen LogP contribution in [0.4, 0.5) is 5.69 Å². The summed E-state index contributed by atoms with van der Waals surface area (Å²) in [5, 5.41) is 0. The van der Waals surface area contributed by atoms with Gasteiger partial charge in [0.1, 0.15) is 5.84 Å². The Morgan fingerprint density at radius 1 is 0.923 bits per heavy atom. The smallest absolute Gasteiger partial charge is 0.228 e. The monoisotopic (exact) mass is 372 g/mol. The van der Waals surface area contributed by atoms with Crippen LogP contribution in [0.1, 0.15) is 5.56 Å². The van der Waals surface area contributed by atoms with Gasteiger partial charge in [-0.2, -0.15) is 4.99 Å². The SMILES string of the molecule is CN(C)/C(=N\C(=N\c1ccccc1)N1CCOCC1)c1ccccc1.Cl. The first-order chi connectivity index (χ1) is 12.2. The van der Waals surface area contributed by atoms with Gasteiger partial charge >= 0.3 is 0 Å². The van der Waals surface area contributed by atoms with Crippen LogP contribution < -0.4 is 0 Å². The van der Waals surface area contributed by atoms with E-state index in [1.807, 2.05) is 67.5 Å². The third kappa shape index (κ3) is 5.31. The average molecular weight is 373 g/mol. The second-order valence-electron chi connectivity index (χ2n) is 6.04. The topological polar surface area (TPSA) is 40.4 Å². The molecule has 26 heavy (non-hydrogen) atoms. The van der Waals surface area contributed by atoms with Gasteiger partial charge in [-0.3, -0.25) is 0 Å². The van der Waals surface area contributed by atoms with E-state index in [1.54, 1.807) is 0 Å². The summed E-state index contributed by atoms with van der Waals surface area (Å²) < 4.78 is 5.48. The molecule has 0 aromatic heterocycles. The lowest BCUT2D eigenvalue weighted by Gasteiger charge is -2.28. The molecule has 0 unspecified atom stereocenters. The minimum absolute atomic E-state index is 0. The number of hydrogen-bond acceptors (Lipinski definition) is 2. The lowest BCUT2D eigenvalue weighted by atomic mass is 10.2. The molecule has 0 bridgehead atoms. The molecule has 1 aliphatic rings. The van der Waals surface area contributed by atoms with Crippen LogP contribution in [0.15, 0.2) is 70.6 Å². The Morgan fingerprint density at radius 2 is 1.50 bits per heavy atom. The maximum atomic E-state index is 5.48. The van der Waals surface area contributed by atoms with Gasteiger partial charge in [0.2, 0.25) is 5.96 Å². The van der Waals surface area contributed by atoms with Crippen LogP contribution in [0.3, 0.4) is 0 Å². The molecule has 5 nitrogen and oxygen atoms in total. The quantitative estimate of drug-likeness (QED) is 0.599. The van der Waals surface area contributed by atoms with E-state index in [0.29, 0.717) is 13.2 Å². The van der Waals surface area contributed by atoms with Crippen molar-refractivity contribution in [2.45, 2.75) is 0 Å². The summed E-state index contributed by atoms with van der Waals surface area (Å²) in [7, 11) is 4.01. The number of halogens is 1. The summed E-state index contributed by atoms with van der Waals surface area (Å²) in [5.74, 6) is 1.61. The van der Waals surface area contributed by atoms with Gasteiger partial charge in [-0.1, -0.05) is 48.5 Å². The zero-order chi connectivity index (χ0) is 17.5. The molecule has 3 rings (SSSR count). The molecular formula is C20H25ClN4O. The van der Waals surface area contributed by atoms with Crippen LogP contribution >= 0.6 is 12.4 Å². The fraction of sp³-hybridized carbons (Fsp3) is 0.300. The first-order valence-electron chi connectivity index (χ1n) is 8.52. The van der Waals surface area contributed by atoms with Gasteiger partial charge in [0.15, 0.2) is 0 Å². The molecular weight excluding hydrogens is 348 g/mol. The summed E-state index contributed by atoms with van der Waals surface area (Å²) in [6.07, 6.45) is 0. The number of guanidine groups is 1. The van der Waals surface area contributed by atoms with Crippen molar-refractivity contribution in [3.05, 3.63) is 66.2 Å². The summed E-state index contributed by atoms with van der Waals surface area (Å²) in [4.78, 5) is 13.9. The molecule has 0 amide bonds. The number of morpholine rings is 1. The maximum absolute atomic E-state index is 5.48. The highest BCUT2D eigenvalue weighted by Crippen LogP contribution is 2.14. The highest BCUT2D eigenvalue weighted by atomic mass is 35.5. The van der Waals surface area contributed by atoms with Gasteiger partial charge in [-0.15, -0.1) is 12.4 Å². The Bertz CT molecular complexity index is 726. The Labute approximate surface area is 161 Å². The summed E-state index contributed by atoms with van der Waals surface area (Å²) in [6.45, 7) is 2.99. The molecule has 2 aromatic carbocycles. The van der Waals surface area contributed by atoms with E-state index in [1.165, 1.54) is 0 Å². The van der Waals surface area contributed by atoms with Gasteiger partial charge in [0, 0.05) is 32.7 Å². The highest BCUT2D eigenvalue weighted by molar-refractivity contribution is 6.05. The molecule has 138 valence electrons. The zero-order valence-electron chi connectivity index (χ0n) is 15.2. The van der Waals surface area contributed by atoms with Gasteiger partial charge in [0.25, 0.3) is 0 Å². The van der Waals surface area contributed by atoms with Crippen molar-refractivity contribution >= 4 is 29.9 Å². The Hall–Kier alpha value is -2.37. The van der Waals surface area contributed by atoms with Crippen LogP contribution in [0, 0.1) is 0 Å². The van der Waals surface area contributed by atoms with Crippen molar-refractivity contribution in [1.29, 1.82) is 0 Å². The number of benzene rings is 2. The van der Waals surface area contributed by atoms with Gasteiger partial charge in [-0.05, 0) is 12.1 Å². The fourth-order valence-corrected chi connectivity index (χ4v) is 2.65. The van der Waals surface area contributed by atoms with Crippen molar-refractivity contribution in [3.63, 3.8) is 0 Å². The first kappa shape index (κ1) is 19.9. The average Bonchev–Trinajstić information content (AvgIpc) is 2.67. The third-order valence-electron chi connectivity index (χ3n) is 3.94. The summed E-state index contributed by atoms with van der Waals surface area (Å²) in [6, 6.07) is 20.2. The van der Waals surface area contributed by atoms with Crippen molar-refractivity contribution in [3.8, 4) is 0 Å². The molecule has 6 heteroatoms. The Balaban J connectivity index is 0.00000243. The molecule has 1 fully saturated rings. The van der Waals surface area contributed by atoms with Gasteiger partial charge in [0.05, 0.1) is 18.9 Å². The second kappa shape index (κ2) is 9.94. The number of aliphatic imine (C=N–C) groups is 2. The van der Waals surface area contributed by atoms with Crippen LogP contribution in [-0.4, -0.2) is 62.0 Å². The largest absolute Gasteiger partial charge is 0.378 e.